The molecule has 3 aromatic rings. The molecule has 0 heterocycles. The number of ether oxygens (including phenoxy) is 1. The van der Waals surface area contributed by atoms with E-state index in [4.69, 9.17) is 4.74 Å². The highest BCUT2D eigenvalue weighted by Gasteiger charge is 2.48. The van der Waals surface area contributed by atoms with Gasteiger partial charge in [-0.15, -0.1) is 0 Å². The lowest BCUT2D eigenvalue weighted by atomic mass is 10.1. The SMILES string of the molecule is c1ccc(COCC2(N(Cc3ccccc3)Cc3ccccc3)CC2)cc1. The van der Waals surface area contributed by atoms with Gasteiger partial charge in [0.1, 0.15) is 0 Å². The maximum absolute atomic E-state index is 6.16. The molecular weight excluding hydrogens is 330 g/mol. The molecule has 138 valence electrons. The van der Waals surface area contributed by atoms with Gasteiger partial charge in [-0.1, -0.05) is 91.0 Å². The Bertz CT molecular complexity index is 771. The molecule has 0 radical (unpaired) electrons. The summed E-state index contributed by atoms with van der Waals surface area (Å²) in [5.41, 5.74) is 4.14. The highest BCUT2D eigenvalue weighted by Crippen LogP contribution is 2.43. The zero-order valence-corrected chi connectivity index (χ0v) is 15.8. The Kier molecular flexibility index (Phi) is 5.66. The van der Waals surface area contributed by atoms with Gasteiger partial charge in [0.25, 0.3) is 0 Å². The average Bonchev–Trinajstić information content (AvgIpc) is 3.51. The molecule has 1 aliphatic rings. The van der Waals surface area contributed by atoms with Crippen molar-refractivity contribution in [3.05, 3.63) is 108 Å². The first-order chi connectivity index (χ1) is 13.3. The van der Waals surface area contributed by atoms with E-state index in [0.717, 1.165) is 19.7 Å². The minimum atomic E-state index is 0.167. The first-order valence-corrected chi connectivity index (χ1v) is 9.79. The molecule has 1 saturated carbocycles. The summed E-state index contributed by atoms with van der Waals surface area (Å²) in [6.45, 7) is 3.41. The summed E-state index contributed by atoms with van der Waals surface area (Å²) < 4.78 is 6.16. The summed E-state index contributed by atoms with van der Waals surface area (Å²) in [7, 11) is 0. The molecule has 0 bridgehead atoms. The second-order valence-electron chi connectivity index (χ2n) is 7.53. The van der Waals surface area contributed by atoms with Gasteiger partial charge in [-0.3, -0.25) is 4.90 Å². The maximum atomic E-state index is 6.16. The van der Waals surface area contributed by atoms with Gasteiger partial charge in [-0.25, -0.2) is 0 Å². The van der Waals surface area contributed by atoms with Crippen molar-refractivity contribution in [3.63, 3.8) is 0 Å². The van der Waals surface area contributed by atoms with Crippen molar-refractivity contribution < 1.29 is 4.74 Å². The lowest BCUT2D eigenvalue weighted by Gasteiger charge is -2.32. The molecule has 0 unspecified atom stereocenters. The van der Waals surface area contributed by atoms with Crippen molar-refractivity contribution in [1.82, 2.24) is 4.90 Å². The maximum Gasteiger partial charge on any atom is 0.0717 e. The first-order valence-electron chi connectivity index (χ1n) is 9.79. The molecule has 1 aliphatic carbocycles. The predicted molar refractivity (Wildman–Crippen MR) is 110 cm³/mol. The lowest BCUT2D eigenvalue weighted by Crippen LogP contribution is -2.40. The van der Waals surface area contributed by atoms with E-state index in [1.165, 1.54) is 29.5 Å². The Morgan fingerprint density at radius 2 is 1.07 bits per heavy atom. The molecule has 0 aromatic heterocycles. The van der Waals surface area contributed by atoms with Crippen LogP contribution in [0.2, 0.25) is 0 Å². The number of nitrogens with zero attached hydrogens (tertiary/aromatic N) is 1. The van der Waals surface area contributed by atoms with E-state index in [-0.39, 0.29) is 5.54 Å². The Morgan fingerprint density at radius 1 is 0.630 bits per heavy atom. The molecule has 0 spiro atoms. The van der Waals surface area contributed by atoms with E-state index in [9.17, 15) is 0 Å². The molecular formula is C25H27NO. The van der Waals surface area contributed by atoms with Gasteiger partial charge in [-0.05, 0) is 29.5 Å². The zero-order valence-electron chi connectivity index (χ0n) is 15.8. The largest absolute Gasteiger partial charge is 0.375 e. The molecule has 1 fully saturated rings. The normalized spacial score (nSPS) is 15.0. The fraction of sp³-hybridized carbons (Fsp3) is 0.280. The second-order valence-corrected chi connectivity index (χ2v) is 7.53. The van der Waals surface area contributed by atoms with Crippen molar-refractivity contribution in [3.8, 4) is 0 Å². The Labute approximate surface area is 162 Å². The van der Waals surface area contributed by atoms with Gasteiger partial charge in [-0.2, -0.15) is 0 Å². The van der Waals surface area contributed by atoms with Gasteiger partial charge in [0, 0.05) is 18.6 Å². The average molecular weight is 357 g/mol. The third kappa shape index (κ3) is 4.85. The smallest absolute Gasteiger partial charge is 0.0717 e. The van der Waals surface area contributed by atoms with E-state index in [1.807, 2.05) is 6.07 Å². The highest BCUT2D eigenvalue weighted by molar-refractivity contribution is 5.20. The molecule has 3 aromatic carbocycles. The van der Waals surface area contributed by atoms with Crippen LogP contribution in [0.5, 0.6) is 0 Å². The van der Waals surface area contributed by atoms with Crippen LogP contribution in [-0.4, -0.2) is 17.0 Å². The predicted octanol–water partition coefficient (Wildman–Crippen LogP) is 5.44. The van der Waals surface area contributed by atoms with Gasteiger partial charge in [0.05, 0.1) is 13.2 Å². The van der Waals surface area contributed by atoms with Crippen LogP contribution in [0, 0.1) is 0 Å². The summed E-state index contributed by atoms with van der Waals surface area (Å²) in [4.78, 5) is 2.61. The minimum absolute atomic E-state index is 0.167. The molecule has 0 aliphatic heterocycles. The van der Waals surface area contributed by atoms with Crippen LogP contribution in [0.1, 0.15) is 29.5 Å². The zero-order chi connectivity index (χ0) is 18.4. The summed E-state index contributed by atoms with van der Waals surface area (Å²) >= 11 is 0. The van der Waals surface area contributed by atoms with Gasteiger partial charge in [0.2, 0.25) is 0 Å². The van der Waals surface area contributed by atoms with Crippen LogP contribution in [0.3, 0.4) is 0 Å². The van der Waals surface area contributed by atoms with Crippen molar-refractivity contribution in [2.24, 2.45) is 0 Å². The third-order valence-electron chi connectivity index (χ3n) is 5.41. The van der Waals surface area contributed by atoms with Gasteiger partial charge in [0.15, 0.2) is 0 Å². The molecule has 0 atom stereocenters. The van der Waals surface area contributed by atoms with Crippen molar-refractivity contribution in [1.29, 1.82) is 0 Å². The van der Waals surface area contributed by atoms with Crippen LogP contribution in [0.15, 0.2) is 91.0 Å². The standard InChI is InChI=1S/C25H27NO/c1-4-10-22(11-5-1)18-26(19-23-12-6-2-7-13-23)25(16-17-25)21-27-20-24-14-8-3-9-15-24/h1-15H,16-21H2. The van der Waals surface area contributed by atoms with E-state index in [0.29, 0.717) is 6.61 Å². The molecule has 2 nitrogen and oxygen atoms in total. The van der Waals surface area contributed by atoms with Crippen LogP contribution >= 0.6 is 0 Å². The van der Waals surface area contributed by atoms with Gasteiger partial charge >= 0.3 is 0 Å². The Hall–Kier alpha value is -2.42. The topological polar surface area (TPSA) is 12.5 Å². The molecule has 2 heteroatoms. The van der Waals surface area contributed by atoms with E-state index < -0.39 is 0 Å². The quantitative estimate of drug-likeness (QED) is 0.506. The van der Waals surface area contributed by atoms with E-state index >= 15 is 0 Å². The second kappa shape index (κ2) is 8.51. The summed E-state index contributed by atoms with van der Waals surface area (Å²) in [5.74, 6) is 0. The molecule has 0 N–H and O–H groups in total. The van der Waals surface area contributed by atoms with E-state index in [1.54, 1.807) is 0 Å². The summed E-state index contributed by atoms with van der Waals surface area (Å²) in [5, 5.41) is 0. The summed E-state index contributed by atoms with van der Waals surface area (Å²) in [6.07, 6.45) is 2.42. The lowest BCUT2D eigenvalue weighted by molar-refractivity contribution is 0.0297. The summed E-state index contributed by atoms with van der Waals surface area (Å²) in [6, 6.07) is 32.0. The first kappa shape index (κ1) is 18.0. The van der Waals surface area contributed by atoms with Crippen LogP contribution in [0.4, 0.5) is 0 Å². The van der Waals surface area contributed by atoms with Crippen LogP contribution in [0.25, 0.3) is 0 Å². The molecule has 4 rings (SSSR count). The minimum Gasteiger partial charge on any atom is -0.375 e. The van der Waals surface area contributed by atoms with Crippen LogP contribution in [-0.2, 0) is 24.4 Å². The Morgan fingerprint density at radius 3 is 1.52 bits per heavy atom. The highest BCUT2D eigenvalue weighted by atomic mass is 16.5. The van der Waals surface area contributed by atoms with Crippen molar-refractivity contribution in [2.75, 3.05) is 6.61 Å². The van der Waals surface area contributed by atoms with Crippen molar-refractivity contribution >= 4 is 0 Å². The fourth-order valence-electron chi connectivity index (χ4n) is 3.63. The van der Waals surface area contributed by atoms with Gasteiger partial charge < -0.3 is 4.74 Å². The fourth-order valence-corrected chi connectivity index (χ4v) is 3.63. The number of benzene rings is 3. The van der Waals surface area contributed by atoms with Crippen molar-refractivity contribution in [2.45, 2.75) is 38.1 Å². The molecule has 0 saturated heterocycles. The number of hydrogen-bond donors (Lipinski definition) is 0. The molecule has 0 amide bonds. The van der Waals surface area contributed by atoms with E-state index in [2.05, 4.69) is 89.8 Å². The third-order valence-corrected chi connectivity index (χ3v) is 5.41. The molecule has 27 heavy (non-hydrogen) atoms. The monoisotopic (exact) mass is 357 g/mol. The number of hydrogen-bond acceptors (Lipinski definition) is 2. The number of rotatable bonds is 9. The Balaban J connectivity index is 1.45. The van der Waals surface area contributed by atoms with Crippen LogP contribution < -0.4 is 0 Å².